The summed E-state index contributed by atoms with van der Waals surface area (Å²) in [6, 6.07) is 7.59. The average Bonchev–Trinajstić information content (AvgIpc) is 3.20. The van der Waals surface area contributed by atoms with Crippen molar-refractivity contribution in [2.45, 2.75) is 26.7 Å². The van der Waals surface area contributed by atoms with Crippen LogP contribution in [0.15, 0.2) is 35.2 Å². The summed E-state index contributed by atoms with van der Waals surface area (Å²) < 4.78 is 21.6. The zero-order chi connectivity index (χ0) is 30.8. The number of halogens is 2. The number of amides is 3. The van der Waals surface area contributed by atoms with Gasteiger partial charge in [0, 0.05) is 5.69 Å². The third kappa shape index (κ3) is 8.85. The molecule has 0 saturated carbocycles. The second kappa shape index (κ2) is 15.8. The molecule has 14 heteroatoms. The van der Waals surface area contributed by atoms with E-state index in [2.05, 4.69) is 5.32 Å². The maximum atomic E-state index is 13.0. The molecular weight excluding hydrogens is 703 g/mol. The third-order valence-corrected chi connectivity index (χ3v) is 7.60. The Morgan fingerprint density at radius 2 is 1.88 bits per heavy atom. The number of hydrogen-bond donors (Lipinski definition) is 1. The van der Waals surface area contributed by atoms with E-state index < -0.39 is 35.5 Å². The highest BCUT2D eigenvalue weighted by Crippen LogP contribution is 2.37. The van der Waals surface area contributed by atoms with Gasteiger partial charge in [-0.3, -0.25) is 19.3 Å². The van der Waals surface area contributed by atoms with Crippen LogP contribution < -0.4 is 14.8 Å². The van der Waals surface area contributed by atoms with Crippen LogP contribution in [-0.2, 0) is 23.9 Å². The molecule has 0 atom stereocenters. The van der Waals surface area contributed by atoms with Crippen LogP contribution in [0.5, 0.6) is 11.5 Å². The Labute approximate surface area is 265 Å². The minimum absolute atomic E-state index is 0.0852. The number of benzene rings is 2. The van der Waals surface area contributed by atoms with Gasteiger partial charge in [-0.25, -0.2) is 9.59 Å². The molecule has 0 bridgehead atoms. The molecule has 1 fully saturated rings. The molecule has 1 saturated heterocycles. The molecule has 3 rings (SSSR count). The summed E-state index contributed by atoms with van der Waals surface area (Å²) in [5.41, 5.74) is 0.873. The standard InChI is InChI=1S/C28H28ClIN2O9S/c1-4-6-9-40-27(36)18-13-17(7-8-19(18)29)31-23(33)14-32-26(35)22(42-28(32)37)12-16-10-20(30)25(21(11-16)38-3)41-15-24(34)39-5-2/h7-8,10-13H,4-6,9,14-15H2,1-3H3,(H,31,33)/b22-12+. The zero-order valence-electron chi connectivity index (χ0n) is 23.0. The van der Waals surface area contributed by atoms with Crippen LogP contribution in [0.2, 0.25) is 5.02 Å². The van der Waals surface area contributed by atoms with Crippen molar-refractivity contribution in [3.63, 3.8) is 0 Å². The number of ether oxygens (including phenoxy) is 4. The first-order valence-electron chi connectivity index (χ1n) is 12.8. The van der Waals surface area contributed by atoms with Crippen molar-refractivity contribution in [1.29, 1.82) is 0 Å². The quantitative estimate of drug-likeness (QED) is 0.121. The average molecular weight is 731 g/mol. The van der Waals surface area contributed by atoms with E-state index in [1.165, 1.54) is 31.4 Å². The van der Waals surface area contributed by atoms with Crippen molar-refractivity contribution in [3.05, 3.63) is 55.0 Å². The molecule has 0 aliphatic carbocycles. The molecule has 0 aromatic heterocycles. The molecule has 3 amide bonds. The molecule has 0 unspecified atom stereocenters. The number of unbranched alkanes of at least 4 members (excludes halogenated alkanes) is 1. The summed E-state index contributed by atoms with van der Waals surface area (Å²) in [5, 5.41) is 2.12. The molecule has 1 heterocycles. The fourth-order valence-electron chi connectivity index (χ4n) is 3.58. The number of esters is 2. The van der Waals surface area contributed by atoms with Crippen molar-refractivity contribution in [2.24, 2.45) is 0 Å². The second-order valence-corrected chi connectivity index (χ2v) is 11.2. The number of nitrogens with zero attached hydrogens (tertiary/aromatic N) is 1. The van der Waals surface area contributed by atoms with Crippen LogP contribution in [0.4, 0.5) is 10.5 Å². The maximum absolute atomic E-state index is 13.0. The van der Waals surface area contributed by atoms with Gasteiger partial charge in [0.25, 0.3) is 11.1 Å². The monoisotopic (exact) mass is 730 g/mol. The van der Waals surface area contributed by atoms with E-state index in [1.807, 2.05) is 29.5 Å². The number of carbonyl (C=O) groups excluding carboxylic acids is 5. The van der Waals surface area contributed by atoms with Crippen LogP contribution in [0.25, 0.3) is 6.08 Å². The lowest BCUT2D eigenvalue weighted by Crippen LogP contribution is -2.36. The van der Waals surface area contributed by atoms with Gasteiger partial charge in [0.2, 0.25) is 5.91 Å². The second-order valence-electron chi connectivity index (χ2n) is 8.63. The first-order valence-corrected chi connectivity index (χ1v) is 15.0. The number of nitrogens with one attached hydrogen (secondary N) is 1. The van der Waals surface area contributed by atoms with Crippen molar-refractivity contribution in [1.82, 2.24) is 4.90 Å². The zero-order valence-corrected chi connectivity index (χ0v) is 26.7. The molecule has 1 aliphatic rings. The molecule has 1 aliphatic heterocycles. The summed E-state index contributed by atoms with van der Waals surface area (Å²) in [4.78, 5) is 63.3. The van der Waals surface area contributed by atoms with E-state index in [1.54, 1.807) is 19.1 Å². The number of rotatable bonds is 13. The van der Waals surface area contributed by atoms with Gasteiger partial charge in [0.05, 0.1) is 39.4 Å². The van der Waals surface area contributed by atoms with Crippen LogP contribution in [0, 0.1) is 3.57 Å². The Hall–Kier alpha value is -3.30. The van der Waals surface area contributed by atoms with Crippen LogP contribution in [0.1, 0.15) is 42.6 Å². The van der Waals surface area contributed by atoms with Crippen LogP contribution in [-0.4, -0.2) is 67.4 Å². The lowest BCUT2D eigenvalue weighted by Gasteiger charge is -2.14. The number of hydrogen-bond acceptors (Lipinski definition) is 10. The Kier molecular flexibility index (Phi) is 12.5. The predicted octanol–water partition coefficient (Wildman–Crippen LogP) is 5.53. The third-order valence-electron chi connectivity index (χ3n) is 5.57. The van der Waals surface area contributed by atoms with Gasteiger partial charge < -0.3 is 24.3 Å². The van der Waals surface area contributed by atoms with Gasteiger partial charge in [-0.15, -0.1) is 0 Å². The molecule has 224 valence electrons. The number of methoxy groups -OCH3 is 1. The van der Waals surface area contributed by atoms with Crippen molar-refractivity contribution < 1.29 is 42.9 Å². The van der Waals surface area contributed by atoms with Crippen molar-refractivity contribution >= 4 is 86.7 Å². The lowest BCUT2D eigenvalue weighted by atomic mass is 10.2. The smallest absolute Gasteiger partial charge is 0.344 e. The minimum atomic E-state index is -0.648. The van der Waals surface area contributed by atoms with Gasteiger partial charge in [0.15, 0.2) is 18.1 Å². The fraction of sp³-hybridized carbons (Fsp3) is 0.321. The van der Waals surface area contributed by atoms with Gasteiger partial charge in [-0.2, -0.15) is 0 Å². The van der Waals surface area contributed by atoms with Gasteiger partial charge in [0.1, 0.15) is 6.54 Å². The minimum Gasteiger partial charge on any atom is -0.493 e. The van der Waals surface area contributed by atoms with Gasteiger partial charge in [-0.05, 0) is 89.7 Å². The summed E-state index contributed by atoms with van der Waals surface area (Å²) in [6.45, 7) is 3.28. The molecule has 0 radical (unpaired) electrons. The SMILES string of the molecule is CCCCOC(=O)c1cc(NC(=O)CN2C(=O)S/C(=C/c3cc(I)c(OCC(=O)OCC)c(OC)c3)C2=O)ccc1Cl. The largest absolute Gasteiger partial charge is 0.493 e. The predicted molar refractivity (Wildman–Crippen MR) is 166 cm³/mol. The van der Waals surface area contributed by atoms with Crippen molar-refractivity contribution in [2.75, 3.05) is 38.8 Å². The van der Waals surface area contributed by atoms with Gasteiger partial charge >= 0.3 is 11.9 Å². The number of imide groups is 1. The van der Waals surface area contributed by atoms with Crippen LogP contribution >= 0.6 is 46.0 Å². The van der Waals surface area contributed by atoms with Crippen LogP contribution in [0.3, 0.4) is 0 Å². The van der Waals surface area contributed by atoms with E-state index in [-0.39, 0.29) is 41.0 Å². The Morgan fingerprint density at radius 3 is 2.57 bits per heavy atom. The topological polar surface area (TPSA) is 138 Å². The Bertz CT molecular complexity index is 1420. The summed E-state index contributed by atoms with van der Waals surface area (Å²) in [5.74, 6) is -1.80. The molecule has 0 spiro atoms. The summed E-state index contributed by atoms with van der Waals surface area (Å²) in [6.07, 6.45) is 3.06. The number of thioether (sulfide) groups is 1. The highest BCUT2D eigenvalue weighted by Gasteiger charge is 2.36. The first kappa shape index (κ1) is 33.2. The van der Waals surface area contributed by atoms with E-state index in [4.69, 9.17) is 30.5 Å². The van der Waals surface area contributed by atoms with E-state index >= 15 is 0 Å². The maximum Gasteiger partial charge on any atom is 0.344 e. The summed E-state index contributed by atoms with van der Waals surface area (Å²) in [7, 11) is 1.43. The Balaban J connectivity index is 1.69. The first-order chi connectivity index (χ1) is 20.1. The molecule has 1 N–H and O–H groups in total. The molecule has 2 aromatic carbocycles. The molecule has 42 heavy (non-hydrogen) atoms. The van der Waals surface area contributed by atoms with E-state index in [0.717, 1.165) is 11.3 Å². The molecule has 2 aromatic rings. The lowest BCUT2D eigenvalue weighted by molar-refractivity contribution is -0.145. The number of carbonyl (C=O) groups is 5. The Morgan fingerprint density at radius 1 is 1.12 bits per heavy atom. The molecular formula is C28H28ClIN2O9S. The van der Waals surface area contributed by atoms with E-state index in [9.17, 15) is 24.0 Å². The fourth-order valence-corrected chi connectivity index (χ4v) is 5.39. The van der Waals surface area contributed by atoms with Crippen molar-refractivity contribution in [3.8, 4) is 11.5 Å². The van der Waals surface area contributed by atoms with E-state index in [0.29, 0.717) is 38.8 Å². The highest BCUT2D eigenvalue weighted by atomic mass is 127. The van der Waals surface area contributed by atoms with Gasteiger partial charge in [-0.1, -0.05) is 24.9 Å². The highest BCUT2D eigenvalue weighted by molar-refractivity contribution is 14.1. The normalized spacial score (nSPS) is 13.7. The molecule has 11 nitrogen and oxygen atoms in total. The summed E-state index contributed by atoms with van der Waals surface area (Å²) >= 11 is 8.81. The number of anilines is 1.